The van der Waals surface area contributed by atoms with Crippen molar-refractivity contribution in [3.63, 3.8) is 0 Å². The van der Waals surface area contributed by atoms with Crippen molar-refractivity contribution in [2.45, 2.75) is 38.9 Å². The van der Waals surface area contributed by atoms with Crippen LogP contribution >= 0.6 is 0 Å². The van der Waals surface area contributed by atoms with Crippen molar-refractivity contribution in [2.75, 3.05) is 0 Å². The zero-order chi connectivity index (χ0) is 20.3. The minimum atomic E-state index is -0.968. The number of aliphatic hydroxyl groups is 1. The highest BCUT2D eigenvalue weighted by molar-refractivity contribution is 6.48. The van der Waals surface area contributed by atoms with Gasteiger partial charge in [-0.05, 0) is 39.8 Å². The zero-order valence-corrected chi connectivity index (χ0v) is 16.9. The number of aromatic nitrogens is 1. The maximum absolute atomic E-state index is 10.4. The van der Waals surface area contributed by atoms with Gasteiger partial charge in [0.15, 0.2) is 0 Å². The van der Waals surface area contributed by atoms with Gasteiger partial charge in [0.25, 0.3) is 0 Å². The summed E-state index contributed by atoms with van der Waals surface area (Å²) >= 11 is 0. The van der Waals surface area contributed by atoms with Crippen LogP contribution in [0.15, 0.2) is 49.1 Å². The second kappa shape index (κ2) is 6.23. The molecule has 0 spiro atoms. The van der Waals surface area contributed by atoms with Gasteiger partial charge in [-0.25, -0.2) is 0 Å². The van der Waals surface area contributed by atoms with E-state index in [9.17, 15) is 5.11 Å². The van der Waals surface area contributed by atoms with Gasteiger partial charge < -0.3 is 14.2 Å². The molecule has 4 aromatic rings. The normalized spacial score (nSPS) is 13.8. The lowest BCUT2D eigenvalue weighted by Gasteiger charge is -2.37. The Morgan fingerprint density at radius 2 is 1.75 bits per heavy atom. The molecular formula is C24H25BNO2. The first-order chi connectivity index (χ1) is 13.2. The molecule has 0 bridgehead atoms. The lowest BCUT2D eigenvalue weighted by atomic mass is 9.81. The summed E-state index contributed by atoms with van der Waals surface area (Å²) in [6, 6.07) is 12.6. The van der Waals surface area contributed by atoms with Gasteiger partial charge in [-0.2, -0.15) is 0 Å². The highest BCUT2D eigenvalue weighted by Crippen LogP contribution is 2.29. The monoisotopic (exact) mass is 370 g/mol. The van der Waals surface area contributed by atoms with E-state index in [1.54, 1.807) is 27.4 Å². The first-order valence-corrected chi connectivity index (χ1v) is 9.49. The van der Waals surface area contributed by atoms with Crippen LogP contribution in [0.1, 0.15) is 27.7 Å². The van der Waals surface area contributed by atoms with Gasteiger partial charge in [0.2, 0.25) is 0 Å². The fourth-order valence-electron chi connectivity index (χ4n) is 3.59. The molecule has 28 heavy (non-hydrogen) atoms. The van der Waals surface area contributed by atoms with E-state index in [1.807, 2.05) is 19.9 Å². The average Bonchev–Trinajstić information content (AvgIpc) is 3.10. The van der Waals surface area contributed by atoms with Gasteiger partial charge in [-0.3, -0.25) is 0 Å². The van der Waals surface area contributed by atoms with Crippen LogP contribution in [0.25, 0.3) is 39.8 Å². The van der Waals surface area contributed by atoms with Crippen LogP contribution in [0.4, 0.5) is 0 Å². The van der Waals surface area contributed by atoms with Gasteiger partial charge in [0.1, 0.15) is 0 Å². The van der Waals surface area contributed by atoms with Crippen LogP contribution in [-0.2, 0) is 4.65 Å². The molecule has 2 aromatic heterocycles. The first-order valence-electron chi connectivity index (χ1n) is 9.49. The second-order valence-electron chi connectivity index (χ2n) is 8.39. The van der Waals surface area contributed by atoms with E-state index in [4.69, 9.17) is 4.65 Å². The van der Waals surface area contributed by atoms with Crippen molar-refractivity contribution in [1.29, 1.82) is 0 Å². The van der Waals surface area contributed by atoms with Gasteiger partial charge >= 0.3 is 7.48 Å². The number of benzene rings is 2. The van der Waals surface area contributed by atoms with Crippen molar-refractivity contribution < 1.29 is 9.76 Å². The Bertz CT molecular complexity index is 1310. The summed E-state index contributed by atoms with van der Waals surface area (Å²) in [4.78, 5) is 0. The van der Waals surface area contributed by atoms with Crippen LogP contribution in [0.2, 0.25) is 0 Å². The molecule has 0 fully saturated rings. The topological polar surface area (TPSA) is 33.9 Å². The van der Waals surface area contributed by atoms with E-state index in [-0.39, 0.29) is 0 Å². The molecule has 0 saturated heterocycles. The van der Waals surface area contributed by atoms with E-state index in [1.165, 1.54) is 5.39 Å². The molecule has 4 heteroatoms. The summed E-state index contributed by atoms with van der Waals surface area (Å²) in [5, 5.41) is 15.8. The van der Waals surface area contributed by atoms with Gasteiger partial charge in [0.05, 0.1) is 27.6 Å². The maximum atomic E-state index is 10.4. The molecule has 1 N–H and O–H groups in total. The highest BCUT2D eigenvalue weighted by atomic mass is 16.5. The number of nitrogens with zero attached hydrogens (tertiary/aromatic N) is 1. The fraction of sp³-hybridized carbons (Fsp3) is 0.250. The van der Waals surface area contributed by atoms with E-state index in [2.05, 4.69) is 54.0 Å². The average molecular weight is 370 g/mol. The molecular weight excluding hydrogens is 345 g/mol. The largest absolute Gasteiger partial charge is 0.427 e. The van der Waals surface area contributed by atoms with Gasteiger partial charge in [-0.15, -0.1) is 0 Å². The summed E-state index contributed by atoms with van der Waals surface area (Å²) in [6.45, 7) is 15.5. The summed E-state index contributed by atoms with van der Waals surface area (Å²) in [5.74, 6) is 0. The van der Waals surface area contributed by atoms with Crippen LogP contribution in [0.5, 0.6) is 0 Å². The number of rotatable bonds is 5. The second-order valence-corrected chi connectivity index (χ2v) is 8.39. The number of hydrogen-bond acceptors (Lipinski definition) is 2. The van der Waals surface area contributed by atoms with E-state index >= 15 is 0 Å². The Balaban J connectivity index is 1.97. The highest BCUT2D eigenvalue weighted by Gasteiger charge is 2.35. The number of allylic oxidation sites excluding steroid dienone is 1. The zero-order valence-electron chi connectivity index (χ0n) is 16.9. The van der Waals surface area contributed by atoms with Crippen LogP contribution in [0.3, 0.4) is 0 Å². The molecule has 0 saturated carbocycles. The van der Waals surface area contributed by atoms with Crippen molar-refractivity contribution in [3.8, 4) is 0 Å². The summed E-state index contributed by atoms with van der Waals surface area (Å²) in [5.41, 5.74) is 1.58. The van der Waals surface area contributed by atoms with Crippen LogP contribution in [0, 0.1) is 0 Å². The third-order valence-electron chi connectivity index (χ3n) is 5.90. The van der Waals surface area contributed by atoms with E-state index in [0.717, 1.165) is 37.8 Å². The van der Waals surface area contributed by atoms with Crippen molar-refractivity contribution in [3.05, 3.63) is 59.6 Å². The van der Waals surface area contributed by atoms with Crippen molar-refractivity contribution in [1.82, 2.24) is 4.40 Å². The molecule has 2 aromatic carbocycles. The Kier molecular flexibility index (Phi) is 4.18. The van der Waals surface area contributed by atoms with E-state index < -0.39 is 11.2 Å². The predicted molar refractivity (Wildman–Crippen MR) is 120 cm³/mol. The first kappa shape index (κ1) is 18.8. The Morgan fingerprint density at radius 3 is 2.43 bits per heavy atom. The molecule has 4 rings (SSSR count). The molecule has 1 radical (unpaired) electrons. The number of para-hydroxylation sites is 1. The SMILES string of the molecule is C=C/C=c1\c(=C)c2cc([B]OC(C)(C)C(C)(C)O)cc3c4ccccc4n1c23. The molecule has 2 heterocycles. The maximum Gasteiger partial charge on any atom is 0.330 e. The third-order valence-corrected chi connectivity index (χ3v) is 5.90. The molecule has 141 valence electrons. The van der Waals surface area contributed by atoms with Gasteiger partial charge in [-0.1, -0.05) is 55.0 Å². The van der Waals surface area contributed by atoms with Crippen LogP contribution in [-0.4, -0.2) is 28.2 Å². The fourth-order valence-corrected chi connectivity index (χ4v) is 3.59. The van der Waals surface area contributed by atoms with Crippen molar-refractivity contribution in [2.24, 2.45) is 0 Å². The lowest BCUT2D eigenvalue weighted by Crippen LogP contribution is -2.49. The number of fused-ring (bicyclic) bond motifs is 3. The molecule has 0 atom stereocenters. The van der Waals surface area contributed by atoms with Gasteiger partial charge in [0, 0.05) is 21.4 Å². The third kappa shape index (κ3) is 2.68. The Labute approximate surface area is 165 Å². The molecule has 0 aliphatic heterocycles. The lowest BCUT2D eigenvalue weighted by molar-refractivity contribution is -0.0893. The predicted octanol–water partition coefficient (Wildman–Crippen LogP) is 2.87. The van der Waals surface area contributed by atoms with Crippen molar-refractivity contribution >= 4 is 52.8 Å². The summed E-state index contributed by atoms with van der Waals surface area (Å²) in [6.07, 6.45) is 3.81. The standard InChI is InChI=1S/C24H25BNO2/c1-7-10-20-15(2)18-13-16(25-28-24(5,6)23(3,4)27)14-19-17-11-8-9-12-21(17)26(20)22(18)19/h7-14,27H,1-2H2,3-6H3/b20-10+. The molecule has 3 nitrogen and oxygen atoms in total. The Hall–Kier alpha value is -2.56. The number of hydrogen-bond donors (Lipinski definition) is 1. The van der Waals surface area contributed by atoms with E-state index in [0.29, 0.717) is 0 Å². The molecule has 0 amide bonds. The van der Waals surface area contributed by atoms with Crippen LogP contribution < -0.4 is 16.0 Å². The Morgan fingerprint density at radius 1 is 1.07 bits per heavy atom. The molecule has 0 unspecified atom stereocenters. The summed E-state index contributed by atoms with van der Waals surface area (Å²) in [7, 11) is 1.74. The smallest absolute Gasteiger partial charge is 0.330 e. The minimum absolute atomic E-state index is 0.721. The molecule has 0 aliphatic rings. The quantitative estimate of drug-likeness (QED) is 0.548. The molecule has 0 aliphatic carbocycles. The minimum Gasteiger partial charge on any atom is -0.427 e. The summed E-state index contributed by atoms with van der Waals surface area (Å²) < 4.78 is 8.26.